The molecule has 0 radical (unpaired) electrons. The third kappa shape index (κ3) is 3.30. The zero-order valence-corrected chi connectivity index (χ0v) is 12.6. The quantitative estimate of drug-likeness (QED) is 0.483. The molecule has 0 saturated carbocycles. The van der Waals surface area contributed by atoms with Crippen LogP contribution in [0, 0.1) is 5.82 Å². The van der Waals surface area contributed by atoms with Crippen LogP contribution >= 0.6 is 11.8 Å². The Morgan fingerprint density at radius 3 is 2.86 bits per heavy atom. The van der Waals surface area contributed by atoms with Crippen LogP contribution in [0.2, 0.25) is 0 Å². The van der Waals surface area contributed by atoms with Gasteiger partial charge in [-0.1, -0.05) is 11.2 Å². The smallest absolute Gasteiger partial charge is 0.368 e. The van der Waals surface area contributed by atoms with Crippen LogP contribution < -0.4 is 5.69 Å². The summed E-state index contributed by atoms with van der Waals surface area (Å²) in [6.45, 7) is 1.67. The molecule has 0 aliphatic carbocycles. The Morgan fingerprint density at radius 2 is 2.24 bits per heavy atom. The van der Waals surface area contributed by atoms with E-state index in [-0.39, 0.29) is 17.9 Å². The molecule has 0 saturated heterocycles. The average Bonchev–Trinajstić information content (AvgIpc) is 2.80. The van der Waals surface area contributed by atoms with Crippen LogP contribution in [0.4, 0.5) is 4.39 Å². The maximum absolute atomic E-state index is 14.0. The molecule has 0 atom stereocenters. The molecule has 9 heteroatoms. The van der Waals surface area contributed by atoms with Gasteiger partial charge in [0.1, 0.15) is 17.5 Å². The summed E-state index contributed by atoms with van der Waals surface area (Å²) in [7, 11) is 1.47. The maximum Gasteiger partial charge on any atom is 0.368 e. The number of aryl methyl sites for hydroxylation is 1. The van der Waals surface area contributed by atoms with Crippen LogP contribution in [0.1, 0.15) is 12.5 Å². The highest BCUT2D eigenvalue weighted by Crippen LogP contribution is 2.17. The van der Waals surface area contributed by atoms with Crippen molar-refractivity contribution in [3.8, 4) is 5.69 Å². The normalized spacial score (nSPS) is 11.7. The van der Waals surface area contributed by atoms with Gasteiger partial charge in [0.05, 0.1) is 11.3 Å². The summed E-state index contributed by atoms with van der Waals surface area (Å²) < 4.78 is 16.1. The standard InChI is InChI=1S/C12H14FN5O2S/c1-8(21-3)14-20-7-9-10(13)5-4-6-11(9)18-12(19)17(2)15-16-18/h4-6H,7H2,1-3H3. The third-order valence-corrected chi connectivity index (χ3v) is 3.41. The predicted octanol–water partition coefficient (Wildman–Crippen LogP) is 1.32. The molecule has 7 nitrogen and oxygen atoms in total. The van der Waals surface area contributed by atoms with Gasteiger partial charge in [0.2, 0.25) is 0 Å². The molecule has 0 aliphatic heterocycles. The molecule has 0 unspecified atom stereocenters. The number of halogens is 1. The Labute approximate surface area is 124 Å². The molecule has 21 heavy (non-hydrogen) atoms. The molecule has 0 bridgehead atoms. The molecule has 1 aromatic heterocycles. The van der Waals surface area contributed by atoms with Crippen molar-refractivity contribution in [2.24, 2.45) is 12.2 Å². The summed E-state index contributed by atoms with van der Waals surface area (Å²) in [6, 6.07) is 4.35. The van der Waals surface area contributed by atoms with E-state index in [1.54, 1.807) is 13.0 Å². The Kier molecular flexibility index (Phi) is 4.73. The van der Waals surface area contributed by atoms with Crippen LogP contribution in [-0.2, 0) is 18.5 Å². The fraction of sp³-hybridized carbons (Fsp3) is 0.333. The first-order valence-corrected chi connectivity index (χ1v) is 7.24. The van der Waals surface area contributed by atoms with E-state index in [1.807, 2.05) is 6.26 Å². The minimum Gasteiger partial charge on any atom is -0.390 e. The van der Waals surface area contributed by atoms with Gasteiger partial charge >= 0.3 is 5.69 Å². The van der Waals surface area contributed by atoms with Crippen molar-refractivity contribution in [3.05, 3.63) is 40.1 Å². The van der Waals surface area contributed by atoms with E-state index < -0.39 is 11.5 Å². The molecule has 0 N–H and O–H groups in total. The number of tetrazole rings is 1. The molecule has 0 spiro atoms. The lowest BCUT2D eigenvalue weighted by Gasteiger charge is -2.08. The molecule has 2 aromatic rings. The number of hydrogen-bond acceptors (Lipinski definition) is 6. The van der Waals surface area contributed by atoms with Crippen LogP contribution in [0.5, 0.6) is 0 Å². The fourth-order valence-corrected chi connectivity index (χ4v) is 1.71. The summed E-state index contributed by atoms with van der Waals surface area (Å²) >= 11 is 1.42. The van der Waals surface area contributed by atoms with Crippen molar-refractivity contribution >= 4 is 16.8 Å². The van der Waals surface area contributed by atoms with Crippen LogP contribution in [0.25, 0.3) is 5.69 Å². The maximum atomic E-state index is 14.0. The van der Waals surface area contributed by atoms with E-state index >= 15 is 0 Å². The minimum absolute atomic E-state index is 0.108. The lowest BCUT2D eigenvalue weighted by Crippen LogP contribution is -2.23. The minimum atomic E-state index is -0.498. The number of nitrogens with zero attached hydrogens (tertiary/aromatic N) is 5. The van der Waals surface area contributed by atoms with Gasteiger partial charge in [0.25, 0.3) is 0 Å². The highest BCUT2D eigenvalue weighted by atomic mass is 32.2. The van der Waals surface area contributed by atoms with Gasteiger partial charge in [-0.3, -0.25) is 0 Å². The first-order chi connectivity index (χ1) is 10.0. The van der Waals surface area contributed by atoms with E-state index in [0.717, 1.165) is 9.36 Å². The van der Waals surface area contributed by atoms with Crippen LogP contribution in [0.3, 0.4) is 0 Å². The van der Waals surface area contributed by atoms with Crippen molar-refractivity contribution < 1.29 is 9.23 Å². The summed E-state index contributed by atoms with van der Waals surface area (Å²) in [5.41, 5.74) is 0.00787. The number of oxime groups is 1. The summed E-state index contributed by atoms with van der Waals surface area (Å²) in [5.74, 6) is -0.498. The lowest BCUT2D eigenvalue weighted by atomic mass is 10.2. The zero-order valence-electron chi connectivity index (χ0n) is 11.8. The van der Waals surface area contributed by atoms with Crippen LogP contribution in [-0.4, -0.2) is 31.1 Å². The lowest BCUT2D eigenvalue weighted by molar-refractivity contribution is 0.128. The van der Waals surface area contributed by atoms with Crippen molar-refractivity contribution in [1.82, 2.24) is 19.8 Å². The topological polar surface area (TPSA) is 74.3 Å². The summed E-state index contributed by atoms with van der Waals surface area (Å²) in [4.78, 5) is 17.0. The number of rotatable bonds is 4. The van der Waals surface area contributed by atoms with E-state index in [4.69, 9.17) is 4.84 Å². The Hall–Kier alpha value is -2.16. The summed E-state index contributed by atoms with van der Waals surface area (Å²) in [5, 5.41) is 11.8. The summed E-state index contributed by atoms with van der Waals surface area (Å²) in [6.07, 6.45) is 1.86. The van der Waals surface area contributed by atoms with E-state index in [0.29, 0.717) is 5.04 Å². The highest BCUT2D eigenvalue weighted by Gasteiger charge is 2.15. The molecule has 112 valence electrons. The first kappa shape index (κ1) is 15.2. The van der Waals surface area contributed by atoms with Crippen molar-refractivity contribution in [1.29, 1.82) is 0 Å². The van der Waals surface area contributed by atoms with Crippen molar-refractivity contribution in [3.63, 3.8) is 0 Å². The van der Waals surface area contributed by atoms with Crippen LogP contribution in [0.15, 0.2) is 28.1 Å². The van der Waals surface area contributed by atoms with Gasteiger partial charge < -0.3 is 4.84 Å². The number of benzene rings is 1. The second kappa shape index (κ2) is 6.53. The molecule has 1 heterocycles. The fourth-order valence-electron chi connectivity index (χ4n) is 1.58. The zero-order chi connectivity index (χ0) is 15.4. The van der Waals surface area contributed by atoms with Crippen molar-refractivity contribution in [2.75, 3.05) is 6.26 Å². The second-order valence-corrected chi connectivity index (χ2v) is 5.12. The predicted molar refractivity (Wildman–Crippen MR) is 78.0 cm³/mol. The highest BCUT2D eigenvalue weighted by molar-refractivity contribution is 8.13. The monoisotopic (exact) mass is 311 g/mol. The number of hydrogen-bond donors (Lipinski definition) is 0. The molecular formula is C12H14FN5O2S. The first-order valence-electron chi connectivity index (χ1n) is 6.02. The molecule has 0 amide bonds. The number of aromatic nitrogens is 4. The van der Waals surface area contributed by atoms with E-state index in [9.17, 15) is 9.18 Å². The second-order valence-electron chi connectivity index (χ2n) is 4.12. The van der Waals surface area contributed by atoms with Gasteiger partial charge in [-0.15, -0.1) is 11.8 Å². The molecule has 0 fully saturated rings. The molecule has 0 aliphatic rings. The van der Waals surface area contributed by atoms with Gasteiger partial charge in [-0.25, -0.2) is 9.18 Å². The molecular weight excluding hydrogens is 297 g/mol. The Balaban J connectivity index is 2.37. The van der Waals surface area contributed by atoms with Gasteiger partial charge in [0, 0.05) is 7.05 Å². The molecule has 2 rings (SSSR count). The Morgan fingerprint density at radius 1 is 1.48 bits per heavy atom. The van der Waals surface area contributed by atoms with Gasteiger partial charge in [-0.2, -0.15) is 9.36 Å². The average molecular weight is 311 g/mol. The Bertz CT molecular complexity index is 725. The molecule has 1 aromatic carbocycles. The SMILES string of the molecule is CSC(C)=NOCc1c(F)cccc1-n1nnn(C)c1=O. The van der Waals surface area contributed by atoms with E-state index in [1.165, 1.54) is 30.9 Å². The van der Waals surface area contributed by atoms with Crippen molar-refractivity contribution in [2.45, 2.75) is 13.5 Å². The van der Waals surface area contributed by atoms with E-state index in [2.05, 4.69) is 15.6 Å². The van der Waals surface area contributed by atoms with Gasteiger partial charge in [0.15, 0.2) is 0 Å². The largest absolute Gasteiger partial charge is 0.390 e. The number of thioether (sulfide) groups is 1. The third-order valence-electron chi connectivity index (χ3n) is 2.74. The van der Waals surface area contributed by atoms with Gasteiger partial charge in [-0.05, 0) is 35.7 Å².